The number of ketones is 1. The number of carbonyl (C=O) groups is 1. The molecular weight excluding hydrogens is 290 g/mol. The van der Waals surface area contributed by atoms with Gasteiger partial charge in [-0.3, -0.25) is 9.78 Å². The number of benzene rings is 1. The Labute approximate surface area is 115 Å². The number of rotatable bonds is 4. The molecule has 0 saturated heterocycles. The van der Waals surface area contributed by atoms with Gasteiger partial charge in [0.15, 0.2) is 5.78 Å². The zero-order chi connectivity index (χ0) is 13.0. The summed E-state index contributed by atoms with van der Waals surface area (Å²) in [5.74, 6) is 0.127. The van der Waals surface area contributed by atoms with Crippen molar-refractivity contribution >= 4 is 21.7 Å². The molecule has 0 unspecified atom stereocenters. The highest BCUT2D eigenvalue weighted by atomic mass is 79.9. The van der Waals surface area contributed by atoms with Crippen LogP contribution in [-0.2, 0) is 12.8 Å². The minimum atomic E-state index is 0.127. The second kappa shape index (κ2) is 5.91. The highest BCUT2D eigenvalue weighted by Gasteiger charge is 2.11. The molecule has 1 aromatic carbocycles. The van der Waals surface area contributed by atoms with Gasteiger partial charge in [0, 0.05) is 21.9 Å². The standard InChI is InChI=1S/C15H14BrNO/c1-2-11-5-3-4-6-14(11)15(18)9-13-8-7-12(16)10-17-13/h3-8,10H,2,9H2,1H3. The van der Waals surface area contributed by atoms with Gasteiger partial charge in [-0.25, -0.2) is 0 Å². The summed E-state index contributed by atoms with van der Waals surface area (Å²) in [7, 11) is 0. The third kappa shape index (κ3) is 3.05. The Balaban J connectivity index is 2.19. The lowest BCUT2D eigenvalue weighted by Crippen LogP contribution is -2.07. The van der Waals surface area contributed by atoms with Crippen LogP contribution in [0.25, 0.3) is 0 Å². The minimum Gasteiger partial charge on any atom is -0.294 e. The van der Waals surface area contributed by atoms with Crippen LogP contribution in [0, 0.1) is 0 Å². The van der Waals surface area contributed by atoms with Crippen LogP contribution in [0.4, 0.5) is 0 Å². The van der Waals surface area contributed by atoms with Crippen molar-refractivity contribution in [3.8, 4) is 0 Å². The Morgan fingerprint density at radius 3 is 2.67 bits per heavy atom. The summed E-state index contributed by atoms with van der Waals surface area (Å²) in [6.07, 6.45) is 2.94. The Morgan fingerprint density at radius 1 is 1.22 bits per heavy atom. The summed E-state index contributed by atoms with van der Waals surface area (Å²) in [5.41, 5.74) is 2.71. The largest absolute Gasteiger partial charge is 0.294 e. The first kappa shape index (κ1) is 13.0. The number of aromatic nitrogens is 1. The van der Waals surface area contributed by atoms with E-state index in [4.69, 9.17) is 0 Å². The van der Waals surface area contributed by atoms with Crippen LogP contribution in [0.1, 0.15) is 28.5 Å². The molecule has 0 N–H and O–H groups in total. The van der Waals surface area contributed by atoms with E-state index >= 15 is 0 Å². The van der Waals surface area contributed by atoms with E-state index in [1.54, 1.807) is 6.20 Å². The van der Waals surface area contributed by atoms with E-state index in [9.17, 15) is 4.79 Å². The van der Waals surface area contributed by atoms with Gasteiger partial charge in [0.05, 0.1) is 6.42 Å². The van der Waals surface area contributed by atoms with Crippen LogP contribution in [-0.4, -0.2) is 10.8 Å². The van der Waals surface area contributed by atoms with Crippen molar-refractivity contribution in [1.29, 1.82) is 0 Å². The SMILES string of the molecule is CCc1ccccc1C(=O)Cc1ccc(Br)cn1. The number of halogens is 1. The van der Waals surface area contributed by atoms with Crippen LogP contribution < -0.4 is 0 Å². The van der Waals surface area contributed by atoms with E-state index in [-0.39, 0.29) is 5.78 Å². The number of hydrogen-bond donors (Lipinski definition) is 0. The molecule has 0 saturated carbocycles. The van der Waals surface area contributed by atoms with Crippen LogP contribution in [0.3, 0.4) is 0 Å². The number of hydrogen-bond acceptors (Lipinski definition) is 2. The number of nitrogens with zero attached hydrogens (tertiary/aromatic N) is 1. The molecule has 1 heterocycles. The molecule has 2 nitrogen and oxygen atoms in total. The van der Waals surface area contributed by atoms with E-state index in [1.165, 1.54) is 0 Å². The molecule has 2 aromatic rings. The van der Waals surface area contributed by atoms with Gasteiger partial charge in [-0.05, 0) is 40.0 Å². The monoisotopic (exact) mass is 303 g/mol. The van der Waals surface area contributed by atoms with Gasteiger partial charge in [0.25, 0.3) is 0 Å². The van der Waals surface area contributed by atoms with E-state index in [2.05, 4.69) is 27.8 Å². The average molecular weight is 304 g/mol. The highest BCUT2D eigenvalue weighted by Crippen LogP contribution is 2.14. The summed E-state index contributed by atoms with van der Waals surface area (Å²) in [5, 5.41) is 0. The van der Waals surface area contributed by atoms with E-state index in [1.807, 2.05) is 36.4 Å². The molecular formula is C15H14BrNO. The van der Waals surface area contributed by atoms with Gasteiger partial charge in [0.1, 0.15) is 0 Å². The molecule has 0 atom stereocenters. The molecule has 2 rings (SSSR count). The smallest absolute Gasteiger partial charge is 0.169 e. The molecule has 3 heteroatoms. The molecule has 18 heavy (non-hydrogen) atoms. The maximum Gasteiger partial charge on any atom is 0.169 e. The lowest BCUT2D eigenvalue weighted by Gasteiger charge is -2.06. The maximum absolute atomic E-state index is 12.2. The minimum absolute atomic E-state index is 0.127. The molecule has 0 radical (unpaired) electrons. The zero-order valence-electron chi connectivity index (χ0n) is 10.2. The van der Waals surface area contributed by atoms with Gasteiger partial charge in [-0.15, -0.1) is 0 Å². The second-order valence-electron chi connectivity index (χ2n) is 4.08. The molecule has 1 aromatic heterocycles. The summed E-state index contributed by atoms with van der Waals surface area (Å²) in [6.45, 7) is 2.06. The van der Waals surface area contributed by atoms with Gasteiger partial charge < -0.3 is 0 Å². The molecule has 92 valence electrons. The lowest BCUT2D eigenvalue weighted by molar-refractivity contribution is 0.0991. The van der Waals surface area contributed by atoms with Crippen molar-refractivity contribution in [2.24, 2.45) is 0 Å². The lowest BCUT2D eigenvalue weighted by atomic mass is 9.99. The second-order valence-corrected chi connectivity index (χ2v) is 4.99. The van der Waals surface area contributed by atoms with Gasteiger partial charge >= 0.3 is 0 Å². The summed E-state index contributed by atoms with van der Waals surface area (Å²) < 4.78 is 0.924. The van der Waals surface area contributed by atoms with E-state index in [0.29, 0.717) is 6.42 Å². The summed E-state index contributed by atoms with van der Waals surface area (Å²) in [6, 6.07) is 11.5. The van der Waals surface area contributed by atoms with Crippen molar-refractivity contribution in [2.45, 2.75) is 19.8 Å². The fourth-order valence-electron chi connectivity index (χ4n) is 1.87. The Morgan fingerprint density at radius 2 is 2.00 bits per heavy atom. The first-order chi connectivity index (χ1) is 8.70. The average Bonchev–Trinajstić information content (AvgIpc) is 2.41. The van der Waals surface area contributed by atoms with E-state index < -0.39 is 0 Å². The maximum atomic E-state index is 12.2. The summed E-state index contributed by atoms with van der Waals surface area (Å²) in [4.78, 5) is 16.5. The van der Waals surface area contributed by atoms with Crippen molar-refractivity contribution in [3.05, 3.63) is 63.9 Å². The normalized spacial score (nSPS) is 10.3. The topological polar surface area (TPSA) is 30.0 Å². The van der Waals surface area contributed by atoms with Crippen LogP contribution in [0.15, 0.2) is 47.1 Å². The van der Waals surface area contributed by atoms with Gasteiger partial charge in [-0.1, -0.05) is 31.2 Å². The van der Waals surface area contributed by atoms with E-state index in [0.717, 1.165) is 27.7 Å². The zero-order valence-corrected chi connectivity index (χ0v) is 11.8. The first-order valence-corrected chi connectivity index (χ1v) is 6.71. The third-order valence-electron chi connectivity index (χ3n) is 2.83. The number of carbonyl (C=O) groups excluding carboxylic acids is 1. The van der Waals surface area contributed by atoms with Crippen molar-refractivity contribution in [1.82, 2.24) is 4.98 Å². The van der Waals surface area contributed by atoms with Gasteiger partial charge in [0.2, 0.25) is 0 Å². The quantitative estimate of drug-likeness (QED) is 0.804. The molecule has 0 spiro atoms. The Bertz CT molecular complexity index is 549. The molecule has 0 fully saturated rings. The highest BCUT2D eigenvalue weighted by molar-refractivity contribution is 9.10. The van der Waals surface area contributed by atoms with Crippen LogP contribution >= 0.6 is 15.9 Å². The molecule has 0 aliphatic rings. The fourth-order valence-corrected chi connectivity index (χ4v) is 2.11. The number of pyridine rings is 1. The Kier molecular flexibility index (Phi) is 4.26. The predicted molar refractivity (Wildman–Crippen MR) is 75.8 cm³/mol. The molecule has 0 amide bonds. The van der Waals surface area contributed by atoms with Crippen molar-refractivity contribution in [3.63, 3.8) is 0 Å². The molecule has 0 aliphatic carbocycles. The number of aryl methyl sites for hydroxylation is 1. The molecule has 0 aliphatic heterocycles. The van der Waals surface area contributed by atoms with Crippen molar-refractivity contribution < 1.29 is 4.79 Å². The first-order valence-electron chi connectivity index (χ1n) is 5.92. The third-order valence-corrected chi connectivity index (χ3v) is 3.30. The fraction of sp³-hybridized carbons (Fsp3) is 0.200. The van der Waals surface area contributed by atoms with Gasteiger partial charge in [-0.2, -0.15) is 0 Å². The van der Waals surface area contributed by atoms with Crippen molar-refractivity contribution in [2.75, 3.05) is 0 Å². The summed E-state index contributed by atoms with van der Waals surface area (Å²) >= 11 is 3.33. The van der Waals surface area contributed by atoms with Crippen LogP contribution in [0.2, 0.25) is 0 Å². The molecule has 0 bridgehead atoms. The number of Topliss-reactive ketones (excluding diaryl/α,β-unsaturated/α-hetero) is 1. The predicted octanol–water partition coefficient (Wildman–Crippen LogP) is 3.83. The van der Waals surface area contributed by atoms with Crippen LogP contribution in [0.5, 0.6) is 0 Å². The Hall–Kier alpha value is -1.48.